The van der Waals surface area contributed by atoms with Crippen molar-refractivity contribution in [3.63, 3.8) is 0 Å². The van der Waals surface area contributed by atoms with Gasteiger partial charge in [-0.15, -0.1) is 11.3 Å². The molecule has 0 saturated carbocycles. The maximum atomic E-state index is 10.4. The van der Waals surface area contributed by atoms with Gasteiger partial charge in [-0.1, -0.05) is 25.1 Å². The Morgan fingerprint density at radius 1 is 1.20 bits per heavy atom. The molecule has 0 aliphatic rings. The molecule has 0 spiro atoms. The average Bonchev–Trinajstić information content (AvgIpc) is 2.89. The van der Waals surface area contributed by atoms with E-state index in [2.05, 4.69) is 23.0 Å². The number of para-hydroxylation sites is 1. The van der Waals surface area contributed by atoms with E-state index in [1.165, 1.54) is 0 Å². The molecule has 0 saturated heterocycles. The predicted octanol–water partition coefficient (Wildman–Crippen LogP) is 3.53. The Hall–Kier alpha value is -1.78. The Kier molecular flexibility index (Phi) is 3.76. The van der Waals surface area contributed by atoms with Crippen molar-refractivity contribution in [2.24, 2.45) is 0 Å². The summed E-state index contributed by atoms with van der Waals surface area (Å²) >= 11 is 1.63. The molecule has 2 heterocycles. The number of aliphatic hydroxyl groups excluding tert-OH is 1. The second-order valence-electron chi connectivity index (χ2n) is 4.70. The van der Waals surface area contributed by atoms with Crippen LogP contribution in [0.1, 0.15) is 29.3 Å². The summed E-state index contributed by atoms with van der Waals surface area (Å²) in [5, 5.41) is 11.4. The number of benzene rings is 1. The Labute approximate surface area is 122 Å². The first-order valence-corrected chi connectivity index (χ1v) is 7.56. The summed E-state index contributed by atoms with van der Waals surface area (Å²) in [5.74, 6) is 0. The van der Waals surface area contributed by atoms with Crippen LogP contribution >= 0.6 is 11.3 Å². The summed E-state index contributed by atoms with van der Waals surface area (Å²) in [6.45, 7) is 2.07. The van der Waals surface area contributed by atoms with Gasteiger partial charge in [0.25, 0.3) is 0 Å². The van der Waals surface area contributed by atoms with E-state index in [1.54, 1.807) is 17.5 Å². The lowest BCUT2D eigenvalue weighted by molar-refractivity contribution is 0.172. The molecule has 1 unspecified atom stereocenters. The molecule has 0 aliphatic carbocycles. The minimum atomic E-state index is -0.591. The van der Waals surface area contributed by atoms with Crippen molar-refractivity contribution in [1.82, 2.24) is 9.97 Å². The van der Waals surface area contributed by atoms with E-state index in [9.17, 15) is 5.11 Å². The lowest BCUT2D eigenvalue weighted by Gasteiger charge is -2.12. The molecule has 0 aliphatic heterocycles. The van der Waals surface area contributed by atoms with Crippen LogP contribution < -0.4 is 0 Å². The normalized spacial score (nSPS) is 12.7. The molecule has 1 atom stereocenters. The van der Waals surface area contributed by atoms with Gasteiger partial charge in [-0.3, -0.25) is 4.98 Å². The summed E-state index contributed by atoms with van der Waals surface area (Å²) in [6, 6.07) is 12.0. The molecule has 2 aromatic heterocycles. The molecule has 0 bridgehead atoms. The molecule has 1 N–H and O–H groups in total. The minimum absolute atomic E-state index is 0.517. The van der Waals surface area contributed by atoms with Gasteiger partial charge < -0.3 is 5.11 Å². The number of rotatable bonds is 4. The topological polar surface area (TPSA) is 46.0 Å². The van der Waals surface area contributed by atoms with Crippen molar-refractivity contribution in [1.29, 1.82) is 0 Å². The first-order valence-electron chi connectivity index (χ1n) is 6.74. The van der Waals surface area contributed by atoms with Crippen molar-refractivity contribution < 1.29 is 5.11 Å². The minimum Gasteiger partial charge on any atom is -0.386 e. The fraction of sp³-hybridized carbons (Fsp3) is 0.250. The van der Waals surface area contributed by atoms with Gasteiger partial charge in [0.05, 0.1) is 20.9 Å². The van der Waals surface area contributed by atoms with Gasteiger partial charge in [-0.05, 0) is 30.2 Å². The second-order valence-corrected chi connectivity index (χ2v) is 5.81. The highest BCUT2D eigenvalue weighted by atomic mass is 32.1. The lowest BCUT2D eigenvalue weighted by Crippen LogP contribution is -2.07. The summed E-state index contributed by atoms with van der Waals surface area (Å²) in [4.78, 5) is 8.89. The van der Waals surface area contributed by atoms with Crippen LogP contribution in [0.4, 0.5) is 0 Å². The monoisotopic (exact) mass is 284 g/mol. The van der Waals surface area contributed by atoms with E-state index in [1.807, 2.05) is 30.3 Å². The Morgan fingerprint density at radius 3 is 2.85 bits per heavy atom. The zero-order valence-corrected chi connectivity index (χ0v) is 12.1. The van der Waals surface area contributed by atoms with E-state index in [4.69, 9.17) is 0 Å². The first-order chi connectivity index (χ1) is 9.78. The van der Waals surface area contributed by atoms with E-state index in [0.717, 1.165) is 32.9 Å². The number of nitrogens with zero attached hydrogens (tertiary/aromatic N) is 2. The van der Waals surface area contributed by atoms with Crippen LogP contribution in [-0.2, 0) is 12.8 Å². The molecular weight excluding hydrogens is 268 g/mol. The molecule has 0 radical (unpaired) electrons. The van der Waals surface area contributed by atoms with Crippen LogP contribution in [-0.4, -0.2) is 15.1 Å². The van der Waals surface area contributed by atoms with Crippen LogP contribution in [0.5, 0.6) is 0 Å². The molecule has 3 aromatic rings. The van der Waals surface area contributed by atoms with Crippen LogP contribution in [0.25, 0.3) is 10.2 Å². The third-order valence-electron chi connectivity index (χ3n) is 3.33. The zero-order chi connectivity index (χ0) is 13.9. The SMILES string of the molecule is CCc1cccnc1C(O)Cc1nc2ccccc2s1. The molecule has 1 aromatic carbocycles. The van der Waals surface area contributed by atoms with Gasteiger partial charge >= 0.3 is 0 Å². The number of aromatic nitrogens is 2. The third kappa shape index (κ3) is 2.57. The predicted molar refractivity (Wildman–Crippen MR) is 81.9 cm³/mol. The molecule has 20 heavy (non-hydrogen) atoms. The van der Waals surface area contributed by atoms with Gasteiger partial charge in [0, 0.05) is 12.6 Å². The van der Waals surface area contributed by atoms with Gasteiger partial charge in [-0.25, -0.2) is 4.98 Å². The summed E-state index contributed by atoms with van der Waals surface area (Å²) in [6.07, 6.45) is 2.53. The van der Waals surface area contributed by atoms with Gasteiger partial charge in [0.15, 0.2) is 0 Å². The summed E-state index contributed by atoms with van der Waals surface area (Å²) in [7, 11) is 0. The largest absolute Gasteiger partial charge is 0.386 e. The molecule has 0 amide bonds. The fourth-order valence-corrected chi connectivity index (χ4v) is 3.32. The standard InChI is InChI=1S/C16H16N2OS/c1-2-11-6-5-9-17-16(11)13(19)10-15-18-12-7-3-4-8-14(12)20-15/h3-9,13,19H,2,10H2,1H3. The van der Waals surface area contributed by atoms with Crippen LogP contribution in [0.2, 0.25) is 0 Å². The quantitative estimate of drug-likeness (QED) is 0.797. The highest BCUT2D eigenvalue weighted by Crippen LogP contribution is 2.26. The second kappa shape index (κ2) is 5.69. The average molecular weight is 284 g/mol. The summed E-state index contributed by atoms with van der Waals surface area (Å²) < 4.78 is 1.16. The highest BCUT2D eigenvalue weighted by molar-refractivity contribution is 7.18. The van der Waals surface area contributed by atoms with Crippen molar-refractivity contribution in [3.05, 3.63) is 58.9 Å². The maximum absolute atomic E-state index is 10.4. The van der Waals surface area contributed by atoms with Crippen molar-refractivity contribution in [2.75, 3.05) is 0 Å². The van der Waals surface area contributed by atoms with E-state index in [-0.39, 0.29) is 0 Å². The zero-order valence-electron chi connectivity index (χ0n) is 11.3. The molecule has 3 nitrogen and oxygen atoms in total. The third-order valence-corrected chi connectivity index (χ3v) is 4.39. The number of hydrogen-bond acceptors (Lipinski definition) is 4. The van der Waals surface area contributed by atoms with Crippen molar-refractivity contribution >= 4 is 21.6 Å². The van der Waals surface area contributed by atoms with E-state index >= 15 is 0 Å². The fourth-order valence-electron chi connectivity index (χ4n) is 2.32. The van der Waals surface area contributed by atoms with E-state index in [0.29, 0.717) is 6.42 Å². The maximum Gasteiger partial charge on any atom is 0.103 e. The molecular formula is C16H16N2OS. The molecule has 3 rings (SSSR count). The lowest BCUT2D eigenvalue weighted by atomic mass is 10.1. The van der Waals surface area contributed by atoms with Crippen molar-refractivity contribution in [2.45, 2.75) is 25.9 Å². The van der Waals surface area contributed by atoms with Crippen LogP contribution in [0, 0.1) is 0 Å². The van der Waals surface area contributed by atoms with Crippen LogP contribution in [0.15, 0.2) is 42.6 Å². The van der Waals surface area contributed by atoms with Gasteiger partial charge in [0.1, 0.15) is 6.10 Å². The Bertz CT molecular complexity index is 690. The summed E-state index contributed by atoms with van der Waals surface area (Å²) in [5.41, 5.74) is 2.87. The molecule has 4 heteroatoms. The van der Waals surface area contributed by atoms with Crippen LogP contribution in [0.3, 0.4) is 0 Å². The number of hydrogen-bond donors (Lipinski definition) is 1. The van der Waals surface area contributed by atoms with Gasteiger partial charge in [-0.2, -0.15) is 0 Å². The Balaban J connectivity index is 1.86. The Morgan fingerprint density at radius 2 is 2.05 bits per heavy atom. The molecule has 102 valence electrons. The number of fused-ring (bicyclic) bond motifs is 1. The van der Waals surface area contributed by atoms with Crippen molar-refractivity contribution in [3.8, 4) is 0 Å². The van der Waals surface area contributed by atoms with Gasteiger partial charge in [0.2, 0.25) is 0 Å². The number of aryl methyl sites for hydroxylation is 1. The molecule has 0 fully saturated rings. The number of aliphatic hydroxyl groups is 1. The number of pyridine rings is 1. The van der Waals surface area contributed by atoms with E-state index < -0.39 is 6.10 Å². The number of thiazole rings is 1. The first kappa shape index (κ1) is 13.2. The highest BCUT2D eigenvalue weighted by Gasteiger charge is 2.15. The smallest absolute Gasteiger partial charge is 0.103 e.